The molecule has 0 unspecified atom stereocenters. The lowest BCUT2D eigenvalue weighted by atomic mass is 10.2. The van der Waals surface area contributed by atoms with Crippen molar-refractivity contribution in [2.24, 2.45) is 4.99 Å². The van der Waals surface area contributed by atoms with E-state index < -0.39 is 10.0 Å². The Morgan fingerprint density at radius 1 is 1.03 bits per heavy atom. The highest BCUT2D eigenvalue weighted by Crippen LogP contribution is 2.21. The molecular weight excluding hydrogens is 533 g/mol. The zero-order valence-electron chi connectivity index (χ0n) is 18.1. The minimum absolute atomic E-state index is 0. The van der Waals surface area contributed by atoms with Crippen LogP contribution in [0.3, 0.4) is 0 Å². The van der Waals surface area contributed by atoms with Gasteiger partial charge in [-0.25, -0.2) is 13.2 Å². The largest absolute Gasteiger partial charge is 0.450 e. The summed E-state index contributed by atoms with van der Waals surface area (Å²) in [6, 6.07) is 7.01. The van der Waals surface area contributed by atoms with E-state index >= 15 is 0 Å². The van der Waals surface area contributed by atoms with Crippen LogP contribution in [0, 0.1) is 0 Å². The molecule has 2 saturated heterocycles. The second kappa shape index (κ2) is 11.9. The highest BCUT2D eigenvalue weighted by molar-refractivity contribution is 14.0. The molecule has 0 spiro atoms. The summed E-state index contributed by atoms with van der Waals surface area (Å²) in [7, 11) is -1.66. The Labute approximate surface area is 201 Å². The summed E-state index contributed by atoms with van der Waals surface area (Å²) in [6.07, 6.45) is 1.58. The van der Waals surface area contributed by atoms with Gasteiger partial charge >= 0.3 is 6.09 Å². The molecule has 1 aromatic rings. The first-order chi connectivity index (χ1) is 14.5. The van der Waals surface area contributed by atoms with Gasteiger partial charge < -0.3 is 19.9 Å². The Balaban J connectivity index is 0.00000341. The van der Waals surface area contributed by atoms with Gasteiger partial charge in [-0.1, -0.05) is 12.1 Å². The number of rotatable bonds is 5. The van der Waals surface area contributed by atoms with Crippen LogP contribution in [0.2, 0.25) is 0 Å². The minimum atomic E-state index is -3.39. The Kier molecular flexibility index (Phi) is 9.82. The van der Waals surface area contributed by atoms with Crippen molar-refractivity contribution < 1.29 is 17.9 Å². The first-order valence-corrected chi connectivity index (χ1v) is 11.9. The smallest absolute Gasteiger partial charge is 0.409 e. The minimum Gasteiger partial charge on any atom is -0.450 e. The maximum Gasteiger partial charge on any atom is 0.409 e. The van der Waals surface area contributed by atoms with E-state index in [0.717, 1.165) is 24.4 Å². The molecule has 31 heavy (non-hydrogen) atoms. The Morgan fingerprint density at radius 3 is 2.16 bits per heavy atom. The van der Waals surface area contributed by atoms with Crippen LogP contribution in [0.15, 0.2) is 34.2 Å². The number of aliphatic imine (C=N–C) groups is 1. The molecule has 0 radical (unpaired) electrons. The van der Waals surface area contributed by atoms with Crippen LogP contribution in [0.1, 0.15) is 25.3 Å². The van der Waals surface area contributed by atoms with E-state index in [1.807, 2.05) is 12.1 Å². The average Bonchev–Trinajstić information content (AvgIpc) is 3.31. The van der Waals surface area contributed by atoms with Crippen LogP contribution >= 0.6 is 24.0 Å². The Morgan fingerprint density at radius 2 is 1.61 bits per heavy atom. The number of nitrogens with one attached hydrogen (secondary N) is 1. The first-order valence-electron chi connectivity index (χ1n) is 10.4. The summed E-state index contributed by atoms with van der Waals surface area (Å²) in [6.45, 7) is 6.43. The van der Waals surface area contributed by atoms with Gasteiger partial charge in [0.25, 0.3) is 0 Å². The van der Waals surface area contributed by atoms with Crippen LogP contribution in [-0.2, 0) is 21.3 Å². The van der Waals surface area contributed by atoms with Gasteiger partial charge in [-0.15, -0.1) is 24.0 Å². The summed E-state index contributed by atoms with van der Waals surface area (Å²) in [5, 5.41) is 3.32. The van der Waals surface area contributed by atoms with Crippen molar-refractivity contribution in [3.63, 3.8) is 0 Å². The third-order valence-electron chi connectivity index (χ3n) is 5.39. The fourth-order valence-electron chi connectivity index (χ4n) is 3.69. The summed E-state index contributed by atoms with van der Waals surface area (Å²) >= 11 is 0. The maximum absolute atomic E-state index is 12.6. The van der Waals surface area contributed by atoms with Crippen LogP contribution in [0.5, 0.6) is 0 Å². The average molecular weight is 565 g/mol. The maximum atomic E-state index is 12.6. The first kappa shape index (κ1) is 25.7. The quantitative estimate of drug-likeness (QED) is 0.333. The summed E-state index contributed by atoms with van der Waals surface area (Å²) in [5.41, 5.74) is 0.974. The van der Waals surface area contributed by atoms with Crippen molar-refractivity contribution in [3.8, 4) is 0 Å². The van der Waals surface area contributed by atoms with Crippen molar-refractivity contribution in [2.45, 2.75) is 31.2 Å². The topological polar surface area (TPSA) is 94.5 Å². The van der Waals surface area contributed by atoms with Crippen LogP contribution in [-0.4, -0.2) is 87.5 Å². The molecule has 0 atom stereocenters. The van der Waals surface area contributed by atoms with Crippen molar-refractivity contribution in [3.05, 3.63) is 29.8 Å². The van der Waals surface area contributed by atoms with Crippen LogP contribution in [0.4, 0.5) is 4.79 Å². The van der Waals surface area contributed by atoms with Crippen LogP contribution in [0.25, 0.3) is 0 Å². The number of amides is 1. The highest BCUT2D eigenvalue weighted by Gasteiger charge is 2.27. The molecule has 11 heteroatoms. The van der Waals surface area contributed by atoms with E-state index in [-0.39, 0.29) is 30.1 Å². The zero-order chi connectivity index (χ0) is 21.6. The van der Waals surface area contributed by atoms with Gasteiger partial charge in [0.2, 0.25) is 10.0 Å². The van der Waals surface area contributed by atoms with E-state index in [1.165, 1.54) is 0 Å². The molecule has 0 aliphatic carbocycles. The number of carbonyl (C=O) groups excluding carboxylic acids is 1. The second-order valence-electron chi connectivity index (χ2n) is 7.33. The lowest BCUT2D eigenvalue weighted by Crippen LogP contribution is -2.53. The van der Waals surface area contributed by atoms with Crippen molar-refractivity contribution in [2.75, 3.05) is 52.9 Å². The number of hydrogen-bond donors (Lipinski definition) is 1. The molecule has 2 aliphatic heterocycles. The lowest BCUT2D eigenvalue weighted by molar-refractivity contribution is 0.0914. The third kappa shape index (κ3) is 6.45. The molecule has 9 nitrogen and oxygen atoms in total. The number of hydrogen-bond acceptors (Lipinski definition) is 5. The van der Waals surface area contributed by atoms with Crippen LogP contribution < -0.4 is 5.32 Å². The predicted molar refractivity (Wildman–Crippen MR) is 130 cm³/mol. The zero-order valence-corrected chi connectivity index (χ0v) is 21.3. The standard InChI is InChI=1S/C20H31N5O4S.HI/c1-3-29-20(26)24-14-12-23(13-15-24)19(21-2)22-16-17-6-8-18(9-7-17)30(27,28)25-10-4-5-11-25;/h6-9H,3-5,10-16H2,1-2H3,(H,21,22);1H. The van der Waals surface area contributed by atoms with Gasteiger partial charge in [-0.3, -0.25) is 4.99 Å². The van der Waals surface area contributed by atoms with Gasteiger partial charge in [0.1, 0.15) is 0 Å². The molecular formula is C20H32IN5O4S. The lowest BCUT2D eigenvalue weighted by Gasteiger charge is -2.35. The summed E-state index contributed by atoms with van der Waals surface area (Å²) < 4.78 is 31.9. The summed E-state index contributed by atoms with van der Waals surface area (Å²) in [4.78, 5) is 20.3. The number of nitrogens with zero attached hydrogens (tertiary/aromatic N) is 4. The van der Waals surface area contributed by atoms with Gasteiger partial charge in [0.05, 0.1) is 11.5 Å². The SMILES string of the molecule is CCOC(=O)N1CCN(C(=NC)NCc2ccc(S(=O)(=O)N3CCCC3)cc2)CC1.I. The normalized spacial score (nSPS) is 17.9. The third-order valence-corrected chi connectivity index (χ3v) is 7.31. The monoisotopic (exact) mass is 565 g/mol. The van der Waals surface area contributed by atoms with Gasteiger partial charge in [-0.05, 0) is 37.5 Å². The van der Waals surface area contributed by atoms with Gasteiger partial charge in [0, 0.05) is 52.9 Å². The molecule has 2 heterocycles. The molecule has 0 saturated carbocycles. The second-order valence-corrected chi connectivity index (χ2v) is 9.27. The number of guanidine groups is 1. The number of carbonyl (C=O) groups is 1. The van der Waals surface area contributed by atoms with Crippen molar-refractivity contribution in [1.82, 2.24) is 19.4 Å². The molecule has 0 bridgehead atoms. The highest BCUT2D eigenvalue weighted by atomic mass is 127. The molecule has 2 aliphatic rings. The van der Waals surface area contributed by atoms with E-state index in [1.54, 1.807) is 35.3 Å². The number of sulfonamides is 1. The van der Waals surface area contributed by atoms with E-state index in [4.69, 9.17) is 4.74 Å². The van der Waals surface area contributed by atoms with E-state index in [9.17, 15) is 13.2 Å². The fraction of sp³-hybridized carbons (Fsp3) is 0.600. The van der Waals surface area contributed by atoms with Gasteiger partial charge in [0.15, 0.2) is 5.96 Å². The van der Waals surface area contributed by atoms with E-state index in [0.29, 0.717) is 57.3 Å². The molecule has 1 N–H and O–H groups in total. The number of ether oxygens (including phenoxy) is 1. The molecule has 0 aromatic heterocycles. The van der Waals surface area contributed by atoms with E-state index in [2.05, 4.69) is 15.2 Å². The molecule has 1 amide bonds. The predicted octanol–water partition coefficient (Wildman–Crippen LogP) is 1.94. The molecule has 3 rings (SSSR count). The van der Waals surface area contributed by atoms with Gasteiger partial charge in [-0.2, -0.15) is 4.31 Å². The Bertz CT molecular complexity index is 849. The molecule has 2 fully saturated rings. The summed E-state index contributed by atoms with van der Waals surface area (Å²) in [5.74, 6) is 0.757. The fourth-order valence-corrected chi connectivity index (χ4v) is 5.20. The molecule has 174 valence electrons. The van der Waals surface area contributed by atoms with Crippen molar-refractivity contribution in [1.29, 1.82) is 0 Å². The number of halogens is 1. The Hall–Kier alpha value is -1.60. The van der Waals surface area contributed by atoms with Crippen molar-refractivity contribution >= 4 is 46.1 Å². The molecule has 1 aromatic carbocycles. The number of benzene rings is 1. The number of piperazine rings is 1.